The molecule has 0 aliphatic rings. The van der Waals surface area contributed by atoms with Gasteiger partial charge < -0.3 is 19.4 Å². The molecule has 2 amide bonds. The van der Waals surface area contributed by atoms with E-state index in [4.69, 9.17) is 9.15 Å². The van der Waals surface area contributed by atoms with Crippen LogP contribution in [0, 0.1) is 0 Å². The van der Waals surface area contributed by atoms with Crippen LogP contribution < -0.4 is 5.32 Å². The molecule has 0 saturated carbocycles. The van der Waals surface area contributed by atoms with Crippen LogP contribution in [0.2, 0.25) is 0 Å². The van der Waals surface area contributed by atoms with Crippen LogP contribution >= 0.6 is 23.5 Å². The van der Waals surface area contributed by atoms with Crippen molar-refractivity contribution in [3.8, 4) is 0 Å². The minimum absolute atomic E-state index is 0.0458. The summed E-state index contributed by atoms with van der Waals surface area (Å²) in [6.45, 7) is 5.39. The third kappa shape index (κ3) is 8.48. The van der Waals surface area contributed by atoms with Crippen molar-refractivity contribution in [1.82, 2.24) is 20.4 Å². The van der Waals surface area contributed by atoms with Gasteiger partial charge in [-0.25, -0.2) is 4.79 Å². The second-order valence-corrected chi connectivity index (χ2v) is 8.38. The Balaban J connectivity index is 2.72. The lowest BCUT2D eigenvalue weighted by Gasteiger charge is -2.22. The van der Waals surface area contributed by atoms with Crippen molar-refractivity contribution in [2.45, 2.75) is 44.1 Å². The van der Waals surface area contributed by atoms with Gasteiger partial charge in [0.05, 0.1) is 5.75 Å². The van der Waals surface area contributed by atoms with Gasteiger partial charge >= 0.3 is 6.09 Å². The highest BCUT2D eigenvalue weighted by Crippen LogP contribution is 2.23. The smallest absolute Gasteiger partial charge is 0.408 e. The fourth-order valence-corrected chi connectivity index (χ4v) is 2.83. The van der Waals surface area contributed by atoms with E-state index in [9.17, 15) is 9.59 Å². The first-order valence-electron chi connectivity index (χ1n) is 7.77. The number of carbonyl (C=O) groups excluding carboxylic acids is 2. The molecule has 1 aromatic heterocycles. The Hall–Kier alpha value is -1.42. The topological polar surface area (TPSA) is 97.6 Å². The molecule has 1 atom stereocenters. The molecule has 0 unspecified atom stereocenters. The number of alkyl carbamates (subject to hydrolysis) is 1. The van der Waals surface area contributed by atoms with Gasteiger partial charge in [-0.05, 0) is 39.2 Å². The predicted octanol–water partition coefficient (Wildman–Crippen LogP) is 2.57. The molecule has 0 fully saturated rings. The Kier molecular flexibility index (Phi) is 8.57. The third-order valence-corrected chi connectivity index (χ3v) is 4.29. The summed E-state index contributed by atoms with van der Waals surface area (Å²) in [7, 11) is 3.37. The lowest BCUT2D eigenvalue weighted by atomic mass is 10.2. The Morgan fingerprint density at radius 1 is 1.32 bits per heavy atom. The number of hydrogen-bond acceptors (Lipinski definition) is 8. The van der Waals surface area contributed by atoms with Gasteiger partial charge in [0.2, 0.25) is 11.8 Å². The van der Waals surface area contributed by atoms with Crippen LogP contribution in [0.15, 0.2) is 9.64 Å². The molecule has 1 rings (SSSR count). The average Bonchev–Trinajstić information content (AvgIpc) is 2.95. The molecule has 142 valence electrons. The van der Waals surface area contributed by atoms with Gasteiger partial charge in [-0.2, -0.15) is 11.8 Å². The normalized spacial score (nSPS) is 12.6. The molecule has 0 aliphatic carbocycles. The summed E-state index contributed by atoms with van der Waals surface area (Å²) < 4.78 is 10.9. The summed E-state index contributed by atoms with van der Waals surface area (Å²) in [6.07, 6.45) is 2.07. The Morgan fingerprint density at radius 2 is 2.00 bits per heavy atom. The van der Waals surface area contributed by atoms with Gasteiger partial charge in [-0.1, -0.05) is 11.8 Å². The lowest BCUT2D eigenvalue weighted by Crippen LogP contribution is -2.35. The van der Waals surface area contributed by atoms with Crippen LogP contribution in [0.5, 0.6) is 0 Å². The number of nitrogens with zero attached hydrogens (tertiary/aromatic N) is 3. The van der Waals surface area contributed by atoms with E-state index in [0.717, 1.165) is 5.75 Å². The van der Waals surface area contributed by atoms with Crippen molar-refractivity contribution in [2.75, 3.05) is 31.9 Å². The summed E-state index contributed by atoms with van der Waals surface area (Å²) >= 11 is 2.82. The number of amides is 2. The van der Waals surface area contributed by atoms with E-state index in [-0.39, 0.29) is 11.7 Å². The first-order valence-corrected chi connectivity index (χ1v) is 10.1. The minimum atomic E-state index is -0.587. The minimum Gasteiger partial charge on any atom is -0.444 e. The monoisotopic (exact) mass is 390 g/mol. The van der Waals surface area contributed by atoms with Gasteiger partial charge in [-0.3, -0.25) is 4.79 Å². The zero-order valence-corrected chi connectivity index (χ0v) is 17.1. The largest absolute Gasteiger partial charge is 0.444 e. The second kappa shape index (κ2) is 9.91. The molecule has 0 aliphatic heterocycles. The van der Waals surface area contributed by atoms with Gasteiger partial charge in [0.25, 0.3) is 5.22 Å². The molecular formula is C15H26N4O4S2. The third-order valence-electron chi connectivity index (χ3n) is 2.84. The van der Waals surface area contributed by atoms with Gasteiger partial charge in [0.1, 0.15) is 11.6 Å². The Bertz CT molecular complexity index is 572. The summed E-state index contributed by atoms with van der Waals surface area (Å²) in [5.41, 5.74) is -0.587. The number of nitrogens with one attached hydrogen (secondary N) is 1. The molecule has 0 aromatic carbocycles. The zero-order chi connectivity index (χ0) is 19.0. The van der Waals surface area contributed by atoms with Crippen molar-refractivity contribution in [2.24, 2.45) is 0 Å². The Morgan fingerprint density at radius 3 is 2.56 bits per heavy atom. The van der Waals surface area contributed by atoms with Crippen LogP contribution in [0.25, 0.3) is 0 Å². The Labute approximate surface area is 156 Å². The maximum atomic E-state index is 12.0. The predicted molar refractivity (Wildman–Crippen MR) is 98.8 cm³/mol. The molecule has 0 saturated heterocycles. The number of carbonyl (C=O) groups is 2. The van der Waals surface area contributed by atoms with Gasteiger partial charge in [0, 0.05) is 14.1 Å². The highest BCUT2D eigenvalue weighted by molar-refractivity contribution is 7.99. The highest BCUT2D eigenvalue weighted by Gasteiger charge is 2.24. The first-order chi connectivity index (χ1) is 11.6. The molecule has 1 heterocycles. The van der Waals surface area contributed by atoms with Crippen LogP contribution in [-0.4, -0.2) is 64.6 Å². The SMILES string of the molecule is CSCC[C@@H](NC(=O)OC(C)(C)C)c1nnc(SCC(=O)N(C)C)o1. The second-order valence-electron chi connectivity index (χ2n) is 6.46. The summed E-state index contributed by atoms with van der Waals surface area (Å²) in [5.74, 6) is 1.28. The van der Waals surface area contributed by atoms with Gasteiger partial charge in [-0.15, -0.1) is 10.2 Å². The van der Waals surface area contributed by atoms with E-state index in [2.05, 4.69) is 15.5 Å². The quantitative estimate of drug-likeness (QED) is 0.676. The van der Waals surface area contributed by atoms with Crippen LogP contribution in [0.1, 0.15) is 39.1 Å². The maximum Gasteiger partial charge on any atom is 0.408 e. The number of thioether (sulfide) groups is 2. The van der Waals surface area contributed by atoms with Crippen LogP contribution in [0.3, 0.4) is 0 Å². The lowest BCUT2D eigenvalue weighted by molar-refractivity contribution is -0.125. The van der Waals surface area contributed by atoms with Crippen molar-refractivity contribution < 1.29 is 18.7 Å². The van der Waals surface area contributed by atoms with Crippen LogP contribution in [0.4, 0.5) is 4.79 Å². The van der Waals surface area contributed by atoms with E-state index in [0.29, 0.717) is 17.5 Å². The molecule has 1 N–H and O–H groups in total. The van der Waals surface area contributed by atoms with Crippen molar-refractivity contribution >= 4 is 35.5 Å². The van der Waals surface area contributed by atoms with E-state index in [1.165, 1.54) is 16.7 Å². The number of ether oxygens (including phenoxy) is 1. The van der Waals surface area contributed by atoms with Crippen LogP contribution in [-0.2, 0) is 9.53 Å². The molecule has 1 aromatic rings. The fourth-order valence-electron chi connectivity index (χ4n) is 1.62. The van der Waals surface area contributed by atoms with E-state index in [1.54, 1.807) is 46.6 Å². The first kappa shape index (κ1) is 21.6. The van der Waals surface area contributed by atoms with E-state index in [1.807, 2.05) is 6.26 Å². The maximum absolute atomic E-state index is 12.0. The molecule has 10 heteroatoms. The average molecular weight is 391 g/mol. The highest BCUT2D eigenvalue weighted by atomic mass is 32.2. The van der Waals surface area contributed by atoms with E-state index >= 15 is 0 Å². The number of hydrogen-bond donors (Lipinski definition) is 1. The standard InChI is InChI=1S/C15H26N4O4S2/c1-15(2,3)23-13(21)16-10(7-8-24-6)12-17-18-14(22-12)25-9-11(20)19(4)5/h10H,7-9H2,1-6H3,(H,16,21)/t10-/m1/s1. The van der Waals surface area contributed by atoms with Crippen molar-refractivity contribution in [3.63, 3.8) is 0 Å². The summed E-state index contributed by atoms with van der Waals surface area (Å²) in [6, 6.07) is -0.436. The van der Waals surface area contributed by atoms with Crippen molar-refractivity contribution in [3.05, 3.63) is 5.89 Å². The molecular weight excluding hydrogens is 364 g/mol. The summed E-state index contributed by atoms with van der Waals surface area (Å²) in [4.78, 5) is 25.1. The molecule has 0 radical (unpaired) electrons. The molecule has 25 heavy (non-hydrogen) atoms. The molecule has 0 spiro atoms. The van der Waals surface area contributed by atoms with Gasteiger partial charge in [0.15, 0.2) is 0 Å². The van der Waals surface area contributed by atoms with Crippen molar-refractivity contribution in [1.29, 1.82) is 0 Å². The van der Waals surface area contributed by atoms with E-state index < -0.39 is 17.7 Å². The number of rotatable bonds is 8. The zero-order valence-electron chi connectivity index (χ0n) is 15.5. The number of aromatic nitrogens is 2. The molecule has 8 nitrogen and oxygen atoms in total. The fraction of sp³-hybridized carbons (Fsp3) is 0.733. The summed E-state index contributed by atoms with van der Waals surface area (Å²) in [5, 5.41) is 11.0. The molecule has 0 bridgehead atoms.